The van der Waals surface area contributed by atoms with Crippen LogP contribution in [0.5, 0.6) is 0 Å². The molecule has 2 heteroatoms. The van der Waals surface area contributed by atoms with E-state index < -0.39 is 0 Å². The Hall–Kier alpha value is -0.0800. The maximum Gasteiger partial charge on any atom is 0.154 e. The standard InChI is InChI=1S/C13H22O2/c1-9(14-2)15-8-13-5-10-3-11(6-13)12(4-10)7-13/h9-12H,3-8H2,1-2H3. The van der Waals surface area contributed by atoms with E-state index in [-0.39, 0.29) is 6.29 Å². The molecule has 15 heavy (non-hydrogen) atoms. The van der Waals surface area contributed by atoms with Crippen molar-refractivity contribution in [3.05, 3.63) is 0 Å². The second-order valence-electron chi connectivity index (χ2n) is 6.08. The zero-order valence-corrected chi connectivity index (χ0v) is 9.87. The summed E-state index contributed by atoms with van der Waals surface area (Å²) in [7, 11) is 1.72. The molecule has 4 aliphatic carbocycles. The monoisotopic (exact) mass is 210 g/mol. The molecule has 4 saturated carbocycles. The Morgan fingerprint density at radius 2 is 1.87 bits per heavy atom. The van der Waals surface area contributed by atoms with E-state index in [1.807, 2.05) is 6.92 Å². The first-order valence-corrected chi connectivity index (χ1v) is 6.35. The quantitative estimate of drug-likeness (QED) is 0.664. The fraction of sp³-hybridized carbons (Fsp3) is 1.00. The Labute approximate surface area is 92.3 Å². The topological polar surface area (TPSA) is 18.5 Å². The molecule has 0 heterocycles. The lowest BCUT2D eigenvalue weighted by Gasteiger charge is -2.38. The Bertz CT molecular complexity index is 231. The normalized spacial score (nSPS) is 48.8. The minimum absolute atomic E-state index is 0.0309. The number of rotatable bonds is 4. The molecule has 0 N–H and O–H groups in total. The van der Waals surface area contributed by atoms with Crippen molar-refractivity contribution in [2.45, 2.75) is 45.3 Å². The molecule has 0 radical (unpaired) electrons. The molecule has 3 atom stereocenters. The van der Waals surface area contributed by atoms with E-state index in [0.29, 0.717) is 5.41 Å². The van der Waals surface area contributed by atoms with Gasteiger partial charge in [-0.05, 0) is 62.2 Å². The lowest BCUT2D eigenvalue weighted by Crippen LogP contribution is -2.33. The van der Waals surface area contributed by atoms with Crippen LogP contribution in [-0.2, 0) is 9.47 Å². The third-order valence-electron chi connectivity index (χ3n) is 5.01. The van der Waals surface area contributed by atoms with Crippen LogP contribution in [0.4, 0.5) is 0 Å². The van der Waals surface area contributed by atoms with Gasteiger partial charge in [0.05, 0.1) is 6.61 Å². The van der Waals surface area contributed by atoms with Crippen LogP contribution in [0.2, 0.25) is 0 Å². The van der Waals surface area contributed by atoms with Crippen LogP contribution in [0.3, 0.4) is 0 Å². The molecular formula is C13H22O2. The van der Waals surface area contributed by atoms with Gasteiger partial charge in [-0.15, -0.1) is 0 Å². The summed E-state index contributed by atoms with van der Waals surface area (Å²) in [6.07, 6.45) is 7.31. The van der Waals surface area contributed by atoms with Gasteiger partial charge in [0.2, 0.25) is 0 Å². The van der Waals surface area contributed by atoms with Crippen LogP contribution in [-0.4, -0.2) is 20.0 Å². The lowest BCUT2D eigenvalue weighted by molar-refractivity contribution is -0.140. The minimum Gasteiger partial charge on any atom is -0.356 e. The van der Waals surface area contributed by atoms with Gasteiger partial charge in [0.15, 0.2) is 6.29 Å². The SMILES string of the molecule is COC(C)OCC12CC3CC(C1)C(C3)C2. The van der Waals surface area contributed by atoms with E-state index in [9.17, 15) is 0 Å². The summed E-state index contributed by atoms with van der Waals surface area (Å²) >= 11 is 0. The lowest BCUT2D eigenvalue weighted by atomic mass is 9.70. The van der Waals surface area contributed by atoms with E-state index in [0.717, 1.165) is 24.4 Å². The summed E-state index contributed by atoms with van der Waals surface area (Å²) in [5.74, 6) is 3.12. The smallest absolute Gasteiger partial charge is 0.154 e. The zero-order valence-electron chi connectivity index (χ0n) is 9.87. The minimum atomic E-state index is -0.0309. The molecule has 0 aliphatic heterocycles. The number of methoxy groups -OCH3 is 1. The summed E-state index contributed by atoms with van der Waals surface area (Å²) < 4.78 is 11.0. The maximum atomic E-state index is 5.80. The number of hydrogen-bond donors (Lipinski definition) is 0. The average Bonchev–Trinajstić information content (AvgIpc) is 2.63. The van der Waals surface area contributed by atoms with Crippen molar-refractivity contribution in [2.75, 3.05) is 13.7 Å². The first-order valence-electron chi connectivity index (χ1n) is 6.35. The molecule has 4 aliphatic rings. The number of hydrogen-bond acceptors (Lipinski definition) is 2. The van der Waals surface area contributed by atoms with E-state index >= 15 is 0 Å². The largest absolute Gasteiger partial charge is 0.356 e. The van der Waals surface area contributed by atoms with E-state index in [1.165, 1.54) is 32.1 Å². The second kappa shape index (κ2) is 3.46. The van der Waals surface area contributed by atoms with Crippen molar-refractivity contribution >= 4 is 0 Å². The average molecular weight is 210 g/mol. The highest BCUT2D eigenvalue weighted by molar-refractivity contribution is 5.05. The van der Waals surface area contributed by atoms with Gasteiger partial charge in [-0.25, -0.2) is 0 Å². The molecule has 4 fully saturated rings. The summed E-state index contributed by atoms with van der Waals surface area (Å²) in [5.41, 5.74) is 0.545. The molecule has 0 aromatic carbocycles. The fourth-order valence-electron chi connectivity index (χ4n) is 4.52. The van der Waals surface area contributed by atoms with Crippen molar-refractivity contribution in [1.82, 2.24) is 0 Å². The molecule has 4 bridgehead atoms. The Balaban J connectivity index is 1.62. The van der Waals surface area contributed by atoms with Crippen molar-refractivity contribution in [2.24, 2.45) is 23.2 Å². The van der Waals surface area contributed by atoms with Crippen molar-refractivity contribution < 1.29 is 9.47 Å². The second-order valence-corrected chi connectivity index (χ2v) is 6.08. The highest BCUT2D eigenvalue weighted by Crippen LogP contribution is 2.64. The van der Waals surface area contributed by atoms with Crippen LogP contribution in [0.15, 0.2) is 0 Å². The maximum absolute atomic E-state index is 5.80. The number of ether oxygens (including phenoxy) is 2. The van der Waals surface area contributed by atoms with E-state index in [4.69, 9.17) is 9.47 Å². The molecular weight excluding hydrogens is 188 g/mol. The molecule has 0 aromatic heterocycles. The molecule has 0 saturated heterocycles. The van der Waals surface area contributed by atoms with Crippen LogP contribution < -0.4 is 0 Å². The summed E-state index contributed by atoms with van der Waals surface area (Å²) in [6.45, 7) is 2.93. The van der Waals surface area contributed by atoms with Gasteiger partial charge in [0, 0.05) is 7.11 Å². The van der Waals surface area contributed by atoms with E-state index in [2.05, 4.69) is 0 Å². The predicted octanol–water partition coefficient (Wildman–Crippen LogP) is 2.82. The Morgan fingerprint density at radius 1 is 1.20 bits per heavy atom. The van der Waals surface area contributed by atoms with Gasteiger partial charge in [-0.3, -0.25) is 0 Å². The van der Waals surface area contributed by atoms with Crippen LogP contribution in [0.25, 0.3) is 0 Å². The molecule has 0 spiro atoms. The Morgan fingerprint density at radius 3 is 2.40 bits per heavy atom. The molecule has 4 rings (SSSR count). The highest BCUT2D eigenvalue weighted by atomic mass is 16.7. The van der Waals surface area contributed by atoms with E-state index in [1.54, 1.807) is 7.11 Å². The first-order chi connectivity index (χ1) is 7.21. The summed E-state index contributed by atoms with van der Waals surface area (Å²) in [6, 6.07) is 0. The van der Waals surface area contributed by atoms with Gasteiger partial charge in [0.25, 0.3) is 0 Å². The fourth-order valence-corrected chi connectivity index (χ4v) is 4.52. The third-order valence-corrected chi connectivity index (χ3v) is 5.01. The first kappa shape index (κ1) is 10.1. The molecule has 0 amide bonds. The van der Waals surface area contributed by atoms with Gasteiger partial charge in [-0.2, -0.15) is 0 Å². The van der Waals surface area contributed by atoms with Gasteiger partial charge in [-0.1, -0.05) is 0 Å². The predicted molar refractivity (Wildman–Crippen MR) is 58.4 cm³/mol. The molecule has 3 unspecified atom stereocenters. The Kier molecular flexibility index (Phi) is 2.33. The molecule has 86 valence electrons. The molecule has 0 aromatic rings. The summed E-state index contributed by atoms with van der Waals surface area (Å²) in [5, 5.41) is 0. The summed E-state index contributed by atoms with van der Waals surface area (Å²) in [4.78, 5) is 0. The van der Waals surface area contributed by atoms with Crippen molar-refractivity contribution in [1.29, 1.82) is 0 Å². The third kappa shape index (κ3) is 1.62. The van der Waals surface area contributed by atoms with Crippen LogP contribution in [0.1, 0.15) is 39.0 Å². The molecule has 2 nitrogen and oxygen atoms in total. The van der Waals surface area contributed by atoms with Crippen LogP contribution in [0, 0.1) is 23.2 Å². The van der Waals surface area contributed by atoms with Gasteiger partial charge >= 0.3 is 0 Å². The van der Waals surface area contributed by atoms with Gasteiger partial charge in [0.1, 0.15) is 0 Å². The van der Waals surface area contributed by atoms with Crippen molar-refractivity contribution in [3.8, 4) is 0 Å². The zero-order chi connectivity index (χ0) is 10.5. The van der Waals surface area contributed by atoms with Crippen LogP contribution >= 0.6 is 0 Å². The van der Waals surface area contributed by atoms with Gasteiger partial charge < -0.3 is 9.47 Å². The van der Waals surface area contributed by atoms with Crippen molar-refractivity contribution in [3.63, 3.8) is 0 Å². The highest BCUT2D eigenvalue weighted by Gasteiger charge is 2.55.